The van der Waals surface area contributed by atoms with E-state index in [4.69, 9.17) is 11.6 Å². The second-order valence-corrected chi connectivity index (χ2v) is 3.29. The highest BCUT2D eigenvalue weighted by molar-refractivity contribution is 7.80. The Morgan fingerprint density at radius 1 is 1.27 bits per heavy atom. The van der Waals surface area contributed by atoms with Gasteiger partial charge in [0, 0.05) is 6.42 Å². The van der Waals surface area contributed by atoms with E-state index in [1.165, 1.54) is 0 Å². The summed E-state index contributed by atoms with van der Waals surface area (Å²) < 4.78 is 0. The fourth-order valence-electron chi connectivity index (χ4n) is 1.05. The fourth-order valence-corrected chi connectivity index (χ4v) is 1.10. The highest BCUT2D eigenvalue weighted by atomic mass is 32.1. The van der Waals surface area contributed by atoms with Crippen LogP contribution in [-0.4, -0.2) is 10.9 Å². The minimum atomic E-state index is 0.143. The number of hydrazone groups is 1. The third kappa shape index (κ3) is 4.28. The predicted octanol–water partition coefficient (Wildman–Crippen LogP) is -0.161. The maximum Gasteiger partial charge on any atom is 0.182 e. The first-order valence-corrected chi connectivity index (χ1v) is 4.75. The molecule has 0 bridgehead atoms. The third-order valence-electron chi connectivity index (χ3n) is 1.70. The molecule has 1 aromatic carbocycles. The summed E-state index contributed by atoms with van der Waals surface area (Å²) in [6, 6.07) is 9.81. The van der Waals surface area contributed by atoms with E-state index in [1.54, 1.807) is 0 Å². The van der Waals surface area contributed by atoms with Crippen molar-refractivity contribution in [2.75, 3.05) is 0 Å². The number of hydrogen-bond donors (Lipinski definition) is 4. The van der Waals surface area contributed by atoms with Crippen molar-refractivity contribution in [2.24, 2.45) is 16.7 Å². The van der Waals surface area contributed by atoms with Crippen LogP contribution in [0, 0.1) is 0 Å². The summed E-state index contributed by atoms with van der Waals surface area (Å²) in [6.45, 7) is 0. The van der Waals surface area contributed by atoms with Crippen LogP contribution in [0.25, 0.3) is 0 Å². The maximum absolute atomic E-state index is 5.25. The zero-order valence-corrected chi connectivity index (χ0v) is 8.92. The zero-order chi connectivity index (χ0) is 11.1. The Kier molecular flexibility index (Phi) is 4.36. The maximum atomic E-state index is 5.25. The monoisotopic (exact) mass is 223 g/mol. The number of rotatable bonds is 2. The number of benzene rings is 1. The van der Waals surface area contributed by atoms with Gasteiger partial charge < -0.3 is 11.6 Å². The standard InChI is InChI=1S/C9H13N5S/c10-9(15)14-13-8(12-11)6-7-4-2-1-3-5-7/h1-5H,6,11H2,(H,12,13)(H3,10,14,15). The van der Waals surface area contributed by atoms with Gasteiger partial charge in [0.15, 0.2) is 5.11 Å². The predicted molar refractivity (Wildman–Crippen MR) is 64.8 cm³/mol. The summed E-state index contributed by atoms with van der Waals surface area (Å²) in [5.41, 5.74) is 11.6. The van der Waals surface area contributed by atoms with E-state index in [9.17, 15) is 0 Å². The van der Waals surface area contributed by atoms with E-state index < -0.39 is 0 Å². The Hall–Kier alpha value is -1.82. The Morgan fingerprint density at radius 2 is 1.93 bits per heavy atom. The first-order chi connectivity index (χ1) is 7.22. The summed E-state index contributed by atoms with van der Waals surface area (Å²) in [5, 5.41) is 3.73. The van der Waals surface area contributed by atoms with E-state index in [0.717, 1.165) is 5.56 Å². The van der Waals surface area contributed by atoms with E-state index in [0.29, 0.717) is 12.3 Å². The Balaban J connectivity index is 2.52. The molecule has 15 heavy (non-hydrogen) atoms. The summed E-state index contributed by atoms with van der Waals surface area (Å²) >= 11 is 4.63. The molecule has 5 nitrogen and oxygen atoms in total. The lowest BCUT2D eigenvalue weighted by Gasteiger charge is -2.09. The minimum Gasteiger partial charge on any atom is -0.375 e. The van der Waals surface area contributed by atoms with E-state index in [1.807, 2.05) is 30.3 Å². The average Bonchev–Trinajstić information content (AvgIpc) is 2.25. The van der Waals surface area contributed by atoms with Crippen molar-refractivity contribution in [1.82, 2.24) is 10.9 Å². The second-order valence-electron chi connectivity index (χ2n) is 2.85. The minimum absolute atomic E-state index is 0.143. The molecule has 0 aliphatic rings. The smallest absolute Gasteiger partial charge is 0.182 e. The van der Waals surface area contributed by atoms with Gasteiger partial charge in [-0.3, -0.25) is 10.9 Å². The lowest BCUT2D eigenvalue weighted by Crippen LogP contribution is -2.45. The molecular formula is C9H13N5S. The van der Waals surface area contributed by atoms with Crippen molar-refractivity contribution in [3.05, 3.63) is 35.9 Å². The van der Waals surface area contributed by atoms with Gasteiger partial charge in [-0.15, -0.1) is 0 Å². The van der Waals surface area contributed by atoms with Crippen LogP contribution >= 0.6 is 12.2 Å². The molecule has 0 amide bonds. The number of thiocarbonyl (C=S) groups is 1. The first-order valence-electron chi connectivity index (χ1n) is 4.34. The molecule has 0 aromatic heterocycles. The topological polar surface area (TPSA) is 88.5 Å². The summed E-state index contributed by atoms with van der Waals surface area (Å²) in [5.74, 6) is 5.77. The fraction of sp³-hybridized carbons (Fsp3) is 0.111. The number of hydrogen-bond acceptors (Lipinski definition) is 3. The van der Waals surface area contributed by atoms with Crippen LogP contribution in [-0.2, 0) is 6.42 Å². The van der Waals surface area contributed by atoms with E-state index >= 15 is 0 Å². The van der Waals surface area contributed by atoms with Crippen molar-refractivity contribution < 1.29 is 0 Å². The molecular weight excluding hydrogens is 210 g/mol. The summed E-state index contributed by atoms with van der Waals surface area (Å²) in [4.78, 5) is 0. The molecule has 0 atom stereocenters. The molecule has 0 fully saturated rings. The zero-order valence-electron chi connectivity index (χ0n) is 8.10. The lowest BCUT2D eigenvalue weighted by atomic mass is 10.1. The molecule has 80 valence electrons. The van der Waals surface area contributed by atoms with E-state index in [2.05, 4.69) is 28.2 Å². The Bertz CT molecular complexity index is 349. The molecule has 0 radical (unpaired) electrons. The van der Waals surface area contributed by atoms with Gasteiger partial charge in [-0.1, -0.05) is 30.3 Å². The van der Waals surface area contributed by atoms with Crippen LogP contribution < -0.4 is 22.4 Å². The Morgan fingerprint density at radius 3 is 2.47 bits per heavy atom. The first kappa shape index (κ1) is 11.3. The third-order valence-corrected chi connectivity index (χ3v) is 1.80. The van der Waals surface area contributed by atoms with Gasteiger partial charge in [-0.2, -0.15) is 5.10 Å². The normalized spacial score (nSPS) is 10.8. The molecule has 0 aliphatic carbocycles. The lowest BCUT2D eigenvalue weighted by molar-refractivity contribution is 0.843. The van der Waals surface area contributed by atoms with Crippen LogP contribution in [0.3, 0.4) is 0 Å². The number of nitrogens with one attached hydrogen (secondary N) is 2. The van der Waals surface area contributed by atoms with Crippen molar-refractivity contribution in [3.8, 4) is 0 Å². The van der Waals surface area contributed by atoms with Crippen molar-refractivity contribution in [3.63, 3.8) is 0 Å². The van der Waals surface area contributed by atoms with Gasteiger partial charge in [0.2, 0.25) is 0 Å². The highest BCUT2D eigenvalue weighted by Crippen LogP contribution is 1.99. The molecule has 6 N–H and O–H groups in total. The summed E-state index contributed by atoms with van der Waals surface area (Å²) in [6.07, 6.45) is 0.590. The van der Waals surface area contributed by atoms with Crippen LogP contribution in [0.5, 0.6) is 0 Å². The average molecular weight is 223 g/mol. The Labute approximate surface area is 93.5 Å². The number of nitrogens with two attached hydrogens (primary N) is 2. The molecule has 0 saturated carbocycles. The number of nitrogens with zero attached hydrogens (tertiary/aromatic N) is 1. The summed E-state index contributed by atoms with van der Waals surface area (Å²) in [7, 11) is 0. The molecule has 0 unspecified atom stereocenters. The van der Waals surface area contributed by atoms with Gasteiger partial charge in [-0.05, 0) is 17.8 Å². The van der Waals surface area contributed by atoms with E-state index in [-0.39, 0.29) is 5.11 Å². The quantitative estimate of drug-likeness (QED) is 0.184. The van der Waals surface area contributed by atoms with Crippen LogP contribution in [0.15, 0.2) is 35.4 Å². The van der Waals surface area contributed by atoms with Crippen LogP contribution in [0.1, 0.15) is 5.56 Å². The number of hydrazine groups is 1. The van der Waals surface area contributed by atoms with Gasteiger partial charge >= 0.3 is 0 Å². The molecule has 1 rings (SSSR count). The molecule has 0 spiro atoms. The van der Waals surface area contributed by atoms with Gasteiger partial charge in [0.1, 0.15) is 5.84 Å². The molecule has 0 heterocycles. The van der Waals surface area contributed by atoms with Crippen molar-refractivity contribution in [2.45, 2.75) is 6.42 Å². The van der Waals surface area contributed by atoms with Gasteiger partial charge in [0.25, 0.3) is 0 Å². The second kappa shape index (κ2) is 5.82. The largest absolute Gasteiger partial charge is 0.375 e. The van der Waals surface area contributed by atoms with Crippen LogP contribution in [0.4, 0.5) is 0 Å². The molecule has 0 aliphatic heterocycles. The van der Waals surface area contributed by atoms with Gasteiger partial charge in [0.05, 0.1) is 0 Å². The van der Waals surface area contributed by atoms with Gasteiger partial charge in [-0.25, -0.2) is 0 Å². The molecule has 6 heteroatoms. The van der Waals surface area contributed by atoms with Crippen molar-refractivity contribution >= 4 is 23.2 Å². The number of amidine groups is 1. The molecule has 1 aromatic rings. The SMILES string of the molecule is N/N=C(\Cc1ccccc1)NNC(N)=S. The molecule has 0 saturated heterocycles. The highest BCUT2D eigenvalue weighted by Gasteiger charge is 1.99. The van der Waals surface area contributed by atoms with Crippen LogP contribution in [0.2, 0.25) is 0 Å². The van der Waals surface area contributed by atoms with Crippen molar-refractivity contribution in [1.29, 1.82) is 0 Å².